The first-order valence-electron chi connectivity index (χ1n) is 6.33. The van der Waals surface area contributed by atoms with Crippen molar-refractivity contribution in [3.05, 3.63) is 29.6 Å². The van der Waals surface area contributed by atoms with Crippen LogP contribution in [0, 0.1) is 22.6 Å². The fraction of sp³-hybridized carbons (Fsp3) is 0.429. The Balaban J connectivity index is 2.17. The van der Waals surface area contributed by atoms with Crippen LogP contribution in [-0.4, -0.2) is 19.0 Å². The van der Waals surface area contributed by atoms with E-state index in [-0.39, 0.29) is 11.5 Å². The fourth-order valence-corrected chi connectivity index (χ4v) is 2.35. The number of nitriles is 1. The SMILES string of the molecule is CCC1(C(=O)Nc2ccc(F)c(C#N)c2)CCNC1. The number of rotatable bonds is 3. The zero-order valence-corrected chi connectivity index (χ0v) is 10.8. The summed E-state index contributed by atoms with van der Waals surface area (Å²) in [7, 11) is 0. The summed E-state index contributed by atoms with van der Waals surface area (Å²) in [6.45, 7) is 3.47. The third-order valence-corrected chi connectivity index (χ3v) is 3.75. The lowest BCUT2D eigenvalue weighted by molar-refractivity contribution is -0.124. The number of benzene rings is 1. The second-order valence-corrected chi connectivity index (χ2v) is 4.82. The number of hydrogen-bond donors (Lipinski definition) is 2. The van der Waals surface area contributed by atoms with Crippen LogP contribution in [0.1, 0.15) is 25.3 Å². The molecule has 1 aliphatic heterocycles. The van der Waals surface area contributed by atoms with Crippen molar-refractivity contribution in [2.75, 3.05) is 18.4 Å². The normalized spacial score (nSPS) is 21.9. The monoisotopic (exact) mass is 261 g/mol. The summed E-state index contributed by atoms with van der Waals surface area (Å²) < 4.78 is 13.2. The number of amides is 1. The van der Waals surface area contributed by atoms with Gasteiger partial charge in [0.2, 0.25) is 5.91 Å². The Kier molecular flexibility index (Phi) is 3.82. The zero-order chi connectivity index (χ0) is 13.9. The molecule has 1 heterocycles. The highest BCUT2D eigenvalue weighted by atomic mass is 19.1. The van der Waals surface area contributed by atoms with Crippen molar-refractivity contribution in [3.8, 4) is 6.07 Å². The van der Waals surface area contributed by atoms with Gasteiger partial charge in [0.15, 0.2) is 0 Å². The van der Waals surface area contributed by atoms with Crippen molar-refractivity contribution in [2.24, 2.45) is 5.41 Å². The molecule has 1 aromatic rings. The largest absolute Gasteiger partial charge is 0.326 e. The molecule has 1 fully saturated rings. The zero-order valence-electron chi connectivity index (χ0n) is 10.8. The number of anilines is 1. The summed E-state index contributed by atoms with van der Waals surface area (Å²) in [5, 5.41) is 14.7. The molecule has 0 saturated carbocycles. The number of halogens is 1. The van der Waals surface area contributed by atoms with Crippen LogP contribution < -0.4 is 10.6 Å². The molecular formula is C14H16FN3O. The highest BCUT2D eigenvalue weighted by molar-refractivity contribution is 5.95. The molecular weight excluding hydrogens is 245 g/mol. The molecule has 1 amide bonds. The summed E-state index contributed by atoms with van der Waals surface area (Å²) in [6, 6.07) is 5.79. The van der Waals surface area contributed by atoms with Crippen molar-refractivity contribution < 1.29 is 9.18 Å². The maximum absolute atomic E-state index is 13.2. The van der Waals surface area contributed by atoms with Crippen molar-refractivity contribution in [1.82, 2.24) is 5.32 Å². The molecule has 1 aliphatic rings. The van der Waals surface area contributed by atoms with Crippen LogP contribution in [0.15, 0.2) is 18.2 Å². The van der Waals surface area contributed by atoms with E-state index in [1.807, 2.05) is 6.92 Å². The number of nitrogens with one attached hydrogen (secondary N) is 2. The van der Waals surface area contributed by atoms with E-state index < -0.39 is 11.2 Å². The second-order valence-electron chi connectivity index (χ2n) is 4.82. The van der Waals surface area contributed by atoms with Crippen molar-refractivity contribution in [3.63, 3.8) is 0 Å². The Morgan fingerprint density at radius 3 is 3.00 bits per heavy atom. The summed E-state index contributed by atoms with van der Waals surface area (Å²) in [5.41, 5.74) is -0.00292. The van der Waals surface area contributed by atoms with E-state index in [0.717, 1.165) is 19.4 Å². The molecule has 2 rings (SSSR count). The van der Waals surface area contributed by atoms with E-state index >= 15 is 0 Å². The fourth-order valence-electron chi connectivity index (χ4n) is 2.35. The van der Waals surface area contributed by atoms with E-state index in [0.29, 0.717) is 12.2 Å². The summed E-state index contributed by atoms with van der Waals surface area (Å²) in [5.74, 6) is -0.649. The second kappa shape index (κ2) is 5.37. The summed E-state index contributed by atoms with van der Waals surface area (Å²) in [6.07, 6.45) is 1.54. The quantitative estimate of drug-likeness (QED) is 0.875. The van der Waals surface area contributed by atoms with E-state index in [1.54, 1.807) is 6.07 Å². The van der Waals surface area contributed by atoms with Gasteiger partial charge in [-0.1, -0.05) is 6.92 Å². The maximum atomic E-state index is 13.2. The van der Waals surface area contributed by atoms with Gasteiger partial charge >= 0.3 is 0 Å². The van der Waals surface area contributed by atoms with Gasteiger partial charge in [-0.3, -0.25) is 4.79 Å². The third-order valence-electron chi connectivity index (χ3n) is 3.75. The molecule has 1 saturated heterocycles. The third kappa shape index (κ3) is 2.59. The molecule has 4 nitrogen and oxygen atoms in total. The standard InChI is InChI=1S/C14H16FN3O/c1-2-14(5-6-17-9-14)13(19)18-11-3-4-12(15)10(7-11)8-16/h3-4,7,17H,2,5-6,9H2,1H3,(H,18,19). The Morgan fingerprint density at radius 1 is 1.63 bits per heavy atom. The van der Waals surface area contributed by atoms with Crippen LogP contribution in [0.4, 0.5) is 10.1 Å². The average molecular weight is 261 g/mol. The van der Waals surface area contributed by atoms with Gasteiger partial charge in [0.1, 0.15) is 11.9 Å². The highest BCUT2D eigenvalue weighted by Gasteiger charge is 2.39. The number of carbonyl (C=O) groups is 1. The predicted octanol–water partition coefficient (Wildman–Crippen LogP) is 2.03. The molecule has 1 aromatic carbocycles. The molecule has 0 bridgehead atoms. The van der Waals surface area contributed by atoms with Crippen LogP contribution in [0.5, 0.6) is 0 Å². The van der Waals surface area contributed by atoms with E-state index in [1.165, 1.54) is 18.2 Å². The first-order chi connectivity index (χ1) is 9.11. The van der Waals surface area contributed by atoms with Crippen LogP contribution in [0.25, 0.3) is 0 Å². The predicted molar refractivity (Wildman–Crippen MR) is 70.0 cm³/mol. The molecule has 100 valence electrons. The van der Waals surface area contributed by atoms with E-state index in [2.05, 4.69) is 10.6 Å². The number of nitrogens with zero attached hydrogens (tertiary/aromatic N) is 1. The minimum absolute atomic E-state index is 0.0621. The van der Waals surface area contributed by atoms with Crippen LogP contribution in [0.3, 0.4) is 0 Å². The van der Waals surface area contributed by atoms with E-state index in [4.69, 9.17) is 5.26 Å². The smallest absolute Gasteiger partial charge is 0.231 e. The lowest BCUT2D eigenvalue weighted by Gasteiger charge is -2.25. The summed E-state index contributed by atoms with van der Waals surface area (Å²) in [4.78, 5) is 12.3. The van der Waals surface area contributed by atoms with Gasteiger partial charge in [0.25, 0.3) is 0 Å². The molecule has 1 unspecified atom stereocenters. The van der Waals surface area contributed by atoms with Crippen LogP contribution in [0.2, 0.25) is 0 Å². The molecule has 0 spiro atoms. The van der Waals surface area contributed by atoms with Crippen LogP contribution >= 0.6 is 0 Å². The molecule has 19 heavy (non-hydrogen) atoms. The van der Waals surface area contributed by atoms with Gasteiger partial charge in [0.05, 0.1) is 11.0 Å². The maximum Gasteiger partial charge on any atom is 0.231 e. The Labute approximate surface area is 111 Å². The molecule has 1 atom stereocenters. The molecule has 0 aromatic heterocycles. The first-order valence-corrected chi connectivity index (χ1v) is 6.33. The van der Waals surface area contributed by atoms with Gasteiger partial charge in [-0.2, -0.15) is 5.26 Å². The van der Waals surface area contributed by atoms with Crippen molar-refractivity contribution in [1.29, 1.82) is 5.26 Å². The van der Waals surface area contributed by atoms with Gasteiger partial charge in [-0.05, 0) is 37.6 Å². The first kappa shape index (κ1) is 13.5. The van der Waals surface area contributed by atoms with E-state index in [9.17, 15) is 9.18 Å². The topological polar surface area (TPSA) is 64.9 Å². The molecule has 2 N–H and O–H groups in total. The molecule has 0 radical (unpaired) electrons. The number of carbonyl (C=O) groups excluding carboxylic acids is 1. The average Bonchev–Trinajstić information content (AvgIpc) is 2.91. The van der Waals surface area contributed by atoms with Crippen LogP contribution in [-0.2, 0) is 4.79 Å². The van der Waals surface area contributed by atoms with Gasteiger partial charge < -0.3 is 10.6 Å². The Hall–Kier alpha value is -1.93. The lowest BCUT2D eigenvalue weighted by Crippen LogP contribution is -2.37. The highest BCUT2D eigenvalue weighted by Crippen LogP contribution is 2.31. The van der Waals surface area contributed by atoms with Gasteiger partial charge in [-0.25, -0.2) is 4.39 Å². The minimum atomic E-state index is -0.576. The number of hydrogen-bond acceptors (Lipinski definition) is 3. The van der Waals surface area contributed by atoms with Gasteiger partial charge in [-0.15, -0.1) is 0 Å². The summed E-state index contributed by atoms with van der Waals surface area (Å²) >= 11 is 0. The van der Waals surface area contributed by atoms with Crippen molar-refractivity contribution >= 4 is 11.6 Å². The van der Waals surface area contributed by atoms with Crippen molar-refractivity contribution in [2.45, 2.75) is 19.8 Å². The molecule has 0 aliphatic carbocycles. The Bertz CT molecular complexity index is 530. The minimum Gasteiger partial charge on any atom is -0.326 e. The lowest BCUT2D eigenvalue weighted by atomic mass is 9.83. The molecule has 5 heteroatoms. The van der Waals surface area contributed by atoms with Gasteiger partial charge in [0, 0.05) is 12.2 Å². The Morgan fingerprint density at radius 2 is 2.42 bits per heavy atom.